The quantitative estimate of drug-likeness (QED) is 0.347. The summed E-state index contributed by atoms with van der Waals surface area (Å²) in [6.07, 6.45) is 10.5. The van der Waals surface area contributed by atoms with Crippen molar-refractivity contribution >= 4 is 17.3 Å². The highest BCUT2D eigenvalue weighted by molar-refractivity contribution is 7.80. The molecule has 0 spiro atoms. The Bertz CT molecular complexity index is 603. The van der Waals surface area contributed by atoms with Gasteiger partial charge < -0.3 is 30.5 Å². The van der Waals surface area contributed by atoms with Crippen LogP contribution in [0.5, 0.6) is 0 Å². The van der Waals surface area contributed by atoms with Gasteiger partial charge in [0.25, 0.3) is 0 Å². The Hall–Kier alpha value is -0.510. The summed E-state index contributed by atoms with van der Waals surface area (Å²) < 4.78 is 5.69. The summed E-state index contributed by atoms with van der Waals surface area (Å²) in [7, 11) is 0. The Morgan fingerprint density at radius 2 is 1.91 bits per heavy atom. The molecule has 6 aliphatic rings. The lowest BCUT2D eigenvalue weighted by Gasteiger charge is -2.49. The summed E-state index contributed by atoms with van der Waals surface area (Å²) in [5.74, 6) is 1.81. The molecule has 5 N–H and O–H groups in total. The minimum absolute atomic E-state index is 0.346. The van der Waals surface area contributed by atoms with Crippen molar-refractivity contribution in [3.05, 3.63) is 0 Å². The number of quaternary nitrogens is 2. The minimum atomic E-state index is 0.346. The van der Waals surface area contributed by atoms with Crippen LogP contribution in [0, 0.1) is 11.8 Å². The molecule has 6 saturated heterocycles. The lowest BCUT2D eigenvalue weighted by Crippen LogP contribution is -3.20. The molecule has 0 aromatic rings. The Labute approximate surface area is 200 Å². The molecule has 8 heteroatoms. The number of thiocarbonyl (C=S) groups is 1. The van der Waals surface area contributed by atoms with Gasteiger partial charge in [-0.05, 0) is 43.8 Å². The number of nitrogens with zero attached hydrogens (tertiary/aromatic N) is 2. The average molecular weight is 467 g/mol. The fourth-order valence-corrected chi connectivity index (χ4v) is 7.19. The predicted octanol–water partition coefficient (Wildman–Crippen LogP) is -1.39. The summed E-state index contributed by atoms with van der Waals surface area (Å²) >= 11 is 5.53. The van der Waals surface area contributed by atoms with Crippen molar-refractivity contribution in [2.45, 2.75) is 63.3 Å². The Morgan fingerprint density at radius 3 is 2.62 bits per heavy atom. The number of hydrogen-bond donors (Lipinski definition) is 4. The third-order valence-corrected chi connectivity index (χ3v) is 9.27. The first kappa shape index (κ1) is 23.2. The fraction of sp³-hybridized carbons (Fsp3) is 0.958. The van der Waals surface area contributed by atoms with Crippen LogP contribution in [0.25, 0.3) is 0 Å². The maximum Gasteiger partial charge on any atom is 0.166 e. The van der Waals surface area contributed by atoms with Crippen molar-refractivity contribution in [2.24, 2.45) is 11.8 Å². The molecule has 6 heterocycles. The summed E-state index contributed by atoms with van der Waals surface area (Å²) in [5.41, 5.74) is 0. The van der Waals surface area contributed by atoms with Crippen LogP contribution in [0.15, 0.2) is 0 Å². The largest absolute Gasteiger partial charge is 0.376 e. The van der Waals surface area contributed by atoms with E-state index in [1.165, 1.54) is 90.9 Å². The van der Waals surface area contributed by atoms with Gasteiger partial charge in [-0.1, -0.05) is 0 Å². The van der Waals surface area contributed by atoms with E-state index in [0.717, 1.165) is 55.3 Å². The molecule has 6 rings (SSSR count). The average Bonchev–Trinajstić information content (AvgIpc) is 3.37. The van der Waals surface area contributed by atoms with E-state index in [0.29, 0.717) is 6.10 Å². The second kappa shape index (κ2) is 11.3. The van der Waals surface area contributed by atoms with Gasteiger partial charge in [-0.15, -0.1) is 0 Å². The van der Waals surface area contributed by atoms with E-state index in [1.54, 1.807) is 0 Å². The topological polar surface area (TPSA) is 60.8 Å². The number of fused-ring (bicyclic) bond motifs is 3. The van der Waals surface area contributed by atoms with Crippen LogP contribution >= 0.6 is 12.2 Å². The van der Waals surface area contributed by atoms with E-state index in [4.69, 9.17) is 17.0 Å². The molecule has 7 nitrogen and oxygen atoms in total. The highest BCUT2D eigenvalue weighted by Crippen LogP contribution is 2.28. The molecule has 6 atom stereocenters. The van der Waals surface area contributed by atoms with E-state index in [9.17, 15) is 0 Å². The Kier molecular flexibility index (Phi) is 8.19. The predicted molar refractivity (Wildman–Crippen MR) is 131 cm³/mol. The lowest BCUT2D eigenvalue weighted by atomic mass is 9.75. The van der Waals surface area contributed by atoms with E-state index >= 15 is 0 Å². The third kappa shape index (κ3) is 5.94. The maximum atomic E-state index is 5.69. The van der Waals surface area contributed by atoms with Crippen molar-refractivity contribution in [3.63, 3.8) is 0 Å². The van der Waals surface area contributed by atoms with Crippen molar-refractivity contribution in [3.8, 4) is 0 Å². The SMILES string of the molecule is S=C(NCC1CCCO1)NC[C@H]1C[C@@H]2CC[NH+]1C[C@H]2CN1CCN(C2CCCC[NH2+]2)CC1. The first-order valence-electron chi connectivity index (χ1n) is 13.5. The Balaban J connectivity index is 1.00. The molecule has 0 aliphatic carbocycles. The van der Waals surface area contributed by atoms with Crippen LogP contribution in [-0.4, -0.2) is 105 Å². The second-order valence-electron chi connectivity index (χ2n) is 11.0. The highest BCUT2D eigenvalue weighted by Gasteiger charge is 2.44. The summed E-state index contributed by atoms with van der Waals surface area (Å²) in [6.45, 7) is 13.3. The number of piperazine rings is 1. The molecule has 2 bridgehead atoms. The first-order valence-corrected chi connectivity index (χ1v) is 13.9. The van der Waals surface area contributed by atoms with Crippen molar-refractivity contribution < 1.29 is 15.0 Å². The van der Waals surface area contributed by atoms with Crippen LogP contribution < -0.4 is 20.9 Å². The van der Waals surface area contributed by atoms with Gasteiger partial charge in [0.1, 0.15) is 12.2 Å². The van der Waals surface area contributed by atoms with Gasteiger partial charge in [0.2, 0.25) is 0 Å². The van der Waals surface area contributed by atoms with Crippen molar-refractivity contribution in [1.82, 2.24) is 20.4 Å². The summed E-state index contributed by atoms with van der Waals surface area (Å²) in [6, 6.07) is 0.728. The smallest absolute Gasteiger partial charge is 0.166 e. The monoisotopic (exact) mass is 466 g/mol. The van der Waals surface area contributed by atoms with Crippen LogP contribution in [0.1, 0.15) is 44.9 Å². The van der Waals surface area contributed by atoms with Crippen molar-refractivity contribution in [1.29, 1.82) is 0 Å². The van der Waals surface area contributed by atoms with Gasteiger partial charge in [0, 0.05) is 71.1 Å². The number of nitrogens with one attached hydrogen (secondary N) is 3. The van der Waals surface area contributed by atoms with Gasteiger partial charge in [0.15, 0.2) is 5.11 Å². The van der Waals surface area contributed by atoms with Gasteiger partial charge >= 0.3 is 0 Å². The summed E-state index contributed by atoms with van der Waals surface area (Å²) in [5, 5.41) is 10.3. The molecular weight excluding hydrogens is 420 g/mol. The van der Waals surface area contributed by atoms with Crippen LogP contribution in [0.2, 0.25) is 0 Å². The zero-order valence-electron chi connectivity index (χ0n) is 19.9. The number of nitrogens with two attached hydrogens (primary N) is 1. The molecule has 6 aliphatic heterocycles. The highest BCUT2D eigenvalue weighted by atomic mass is 32.1. The van der Waals surface area contributed by atoms with E-state index in [-0.39, 0.29) is 0 Å². The molecule has 0 aromatic heterocycles. The molecule has 0 aromatic carbocycles. The van der Waals surface area contributed by atoms with Crippen molar-refractivity contribution in [2.75, 3.05) is 72.1 Å². The van der Waals surface area contributed by atoms with Gasteiger partial charge in [0.05, 0.1) is 32.3 Å². The molecule has 0 radical (unpaired) electrons. The number of rotatable bonds is 7. The normalized spacial score (nSPS) is 38.6. The maximum absolute atomic E-state index is 5.69. The Morgan fingerprint density at radius 1 is 1.03 bits per heavy atom. The van der Waals surface area contributed by atoms with E-state index < -0.39 is 0 Å². The van der Waals surface area contributed by atoms with Crippen LogP contribution in [-0.2, 0) is 4.74 Å². The van der Waals surface area contributed by atoms with Crippen LogP contribution in [0.4, 0.5) is 0 Å². The number of piperidine rings is 4. The molecule has 32 heavy (non-hydrogen) atoms. The molecular formula is C24H46N6OS+2. The van der Waals surface area contributed by atoms with E-state index in [2.05, 4.69) is 25.8 Å². The zero-order chi connectivity index (χ0) is 21.8. The minimum Gasteiger partial charge on any atom is -0.376 e. The second-order valence-corrected chi connectivity index (χ2v) is 11.4. The molecule has 182 valence electrons. The zero-order valence-corrected chi connectivity index (χ0v) is 20.7. The van der Waals surface area contributed by atoms with E-state index in [1.807, 2.05) is 4.90 Å². The third-order valence-electron chi connectivity index (χ3n) is 8.98. The molecule has 3 unspecified atom stereocenters. The molecule has 6 fully saturated rings. The van der Waals surface area contributed by atoms with Gasteiger partial charge in [-0.25, -0.2) is 0 Å². The van der Waals surface area contributed by atoms with Crippen LogP contribution in [0.3, 0.4) is 0 Å². The van der Waals surface area contributed by atoms with Gasteiger partial charge in [-0.2, -0.15) is 0 Å². The first-order chi connectivity index (χ1) is 15.7. The van der Waals surface area contributed by atoms with Gasteiger partial charge in [-0.3, -0.25) is 4.90 Å². The lowest BCUT2D eigenvalue weighted by molar-refractivity contribution is -0.945. The number of ether oxygens (including phenoxy) is 1. The molecule has 0 saturated carbocycles. The number of hydrogen-bond acceptors (Lipinski definition) is 4. The standard InChI is InChI=1S/C24H44N6OS/c32-24(27-16-22-4-3-13-31-22)26-15-21-14-19-6-8-30(21)18-20(19)17-28-9-11-29(12-10-28)23-5-1-2-7-25-23/h19-23,25H,1-18H2,(H2,26,27,32)/p+2/t19-,20+,21+,22?,23?/m0/s1. The summed E-state index contributed by atoms with van der Waals surface area (Å²) in [4.78, 5) is 7.36. The molecule has 0 amide bonds. The fourth-order valence-electron chi connectivity index (χ4n) is 7.02.